The third-order valence-corrected chi connectivity index (χ3v) is 6.12. The Balaban J connectivity index is 1.76. The van der Waals surface area contributed by atoms with E-state index in [1.807, 2.05) is 6.07 Å². The highest BCUT2D eigenvalue weighted by Crippen LogP contribution is 2.19. The van der Waals surface area contributed by atoms with Gasteiger partial charge in [-0.25, -0.2) is 4.98 Å². The summed E-state index contributed by atoms with van der Waals surface area (Å²) in [7, 11) is -0.956. The molecule has 0 unspecified atom stereocenters. The lowest BCUT2D eigenvalue weighted by atomic mass is 10.1. The Morgan fingerprint density at radius 1 is 0.913 bits per heavy atom. The van der Waals surface area contributed by atoms with Gasteiger partial charge in [-0.05, 0) is 36.6 Å². The van der Waals surface area contributed by atoms with Gasteiger partial charge in [0, 0.05) is 14.6 Å². The highest BCUT2D eigenvalue weighted by molar-refractivity contribution is 6.76. The third-order valence-electron chi connectivity index (χ3n) is 4.37. The number of imidazole rings is 1. The molecule has 3 rings (SSSR count). The highest BCUT2D eigenvalue weighted by atomic mass is 28.3. The van der Waals surface area contributed by atoms with E-state index in [9.17, 15) is 0 Å². The molecule has 0 aliphatic heterocycles. The first-order valence-electron chi connectivity index (χ1n) is 8.42. The Hall–Kier alpha value is -1.87. The number of fused-ring (bicyclic) bond motifs is 1. The molecule has 0 spiro atoms. The van der Waals surface area contributed by atoms with Gasteiger partial charge in [0.25, 0.3) is 0 Å². The zero-order valence-corrected chi connectivity index (χ0v) is 15.6. The van der Waals surface area contributed by atoms with Crippen molar-refractivity contribution < 1.29 is 0 Å². The van der Waals surface area contributed by atoms with Crippen LogP contribution in [0.5, 0.6) is 0 Å². The lowest BCUT2D eigenvalue weighted by Gasteiger charge is -2.15. The van der Waals surface area contributed by atoms with Crippen molar-refractivity contribution in [3.8, 4) is 0 Å². The quantitative estimate of drug-likeness (QED) is 0.585. The number of hydrogen-bond donors (Lipinski definition) is 0. The molecule has 0 N–H and O–H groups in total. The summed E-state index contributed by atoms with van der Waals surface area (Å²) in [5.74, 6) is 1.08. The maximum atomic E-state index is 4.65. The van der Waals surface area contributed by atoms with Crippen LogP contribution in [0, 0.1) is 6.92 Å². The maximum Gasteiger partial charge on any atom is 0.107 e. The van der Waals surface area contributed by atoms with Crippen LogP contribution in [-0.2, 0) is 13.0 Å². The van der Waals surface area contributed by atoms with E-state index >= 15 is 0 Å². The van der Waals surface area contributed by atoms with Gasteiger partial charge in [-0.15, -0.1) is 0 Å². The fourth-order valence-electron chi connectivity index (χ4n) is 2.91. The van der Waals surface area contributed by atoms with E-state index in [1.165, 1.54) is 29.1 Å². The number of hydrogen-bond acceptors (Lipinski definition) is 1. The predicted molar refractivity (Wildman–Crippen MR) is 102 cm³/mol. The molecule has 0 radical (unpaired) electrons. The fourth-order valence-corrected chi connectivity index (χ4v) is 3.95. The van der Waals surface area contributed by atoms with E-state index in [-0.39, 0.29) is 0 Å². The van der Waals surface area contributed by atoms with E-state index in [4.69, 9.17) is 0 Å². The van der Waals surface area contributed by atoms with Crippen LogP contribution in [0.4, 0.5) is 0 Å². The molecule has 0 aliphatic carbocycles. The third kappa shape index (κ3) is 3.91. The lowest BCUT2D eigenvalue weighted by molar-refractivity contribution is 0.785. The first kappa shape index (κ1) is 16.0. The Labute approximate surface area is 140 Å². The van der Waals surface area contributed by atoms with E-state index in [0.717, 1.165) is 17.9 Å². The molecule has 120 valence electrons. The number of rotatable bonds is 5. The van der Waals surface area contributed by atoms with Crippen molar-refractivity contribution in [2.45, 2.75) is 45.6 Å². The summed E-state index contributed by atoms with van der Waals surface area (Å²) >= 11 is 0. The molecule has 2 aromatic carbocycles. The van der Waals surface area contributed by atoms with Gasteiger partial charge in [-0.3, -0.25) is 0 Å². The number of nitrogens with zero attached hydrogens (tertiary/aromatic N) is 2. The summed E-state index contributed by atoms with van der Waals surface area (Å²) in [5.41, 5.74) is 5.10. The Kier molecular flexibility index (Phi) is 4.40. The van der Waals surface area contributed by atoms with E-state index in [2.05, 4.69) is 78.6 Å². The molecule has 0 aliphatic rings. The second kappa shape index (κ2) is 6.32. The molecule has 0 atom stereocenters. The molecule has 1 aromatic heterocycles. The summed E-state index contributed by atoms with van der Waals surface area (Å²) in [6, 6.07) is 18.9. The molecule has 0 saturated carbocycles. The molecule has 0 bridgehead atoms. The number of para-hydroxylation sites is 2. The summed E-state index contributed by atoms with van der Waals surface area (Å²) in [6.07, 6.45) is 1.21. The van der Waals surface area contributed by atoms with Crippen LogP contribution in [0.3, 0.4) is 0 Å². The summed E-state index contributed by atoms with van der Waals surface area (Å²) in [4.78, 5) is 4.65. The van der Waals surface area contributed by atoms with Crippen LogP contribution < -0.4 is 0 Å². The van der Waals surface area contributed by atoms with Crippen molar-refractivity contribution in [2.24, 2.45) is 0 Å². The van der Waals surface area contributed by atoms with Gasteiger partial charge in [0.1, 0.15) is 5.82 Å². The lowest BCUT2D eigenvalue weighted by Crippen LogP contribution is -2.19. The van der Waals surface area contributed by atoms with Crippen LogP contribution in [0.15, 0.2) is 48.5 Å². The first-order valence-corrected chi connectivity index (χ1v) is 12.1. The standard InChI is InChI=1S/C20H26N2Si/c1-16-21-19-7-5-6-8-20(19)22(16)15-18-11-9-17(10-12-18)13-14-23(2,3)4/h5-12H,13-15H2,1-4H3. The molecule has 0 saturated heterocycles. The summed E-state index contributed by atoms with van der Waals surface area (Å²) in [5, 5.41) is 0. The van der Waals surface area contributed by atoms with Gasteiger partial charge in [-0.1, -0.05) is 62.1 Å². The second-order valence-electron chi connectivity index (χ2n) is 7.61. The second-order valence-corrected chi connectivity index (χ2v) is 13.2. The highest BCUT2D eigenvalue weighted by Gasteiger charge is 2.12. The molecule has 1 heterocycles. The molecule has 2 nitrogen and oxygen atoms in total. The van der Waals surface area contributed by atoms with Gasteiger partial charge in [-0.2, -0.15) is 0 Å². The van der Waals surface area contributed by atoms with Crippen molar-refractivity contribution in [3.05, 3.63) is 65.5 Å². The van der Waals surface area contributed by atoms with Crippen LogP contribution in [-0.4, -0.2) is 17.6 Å². The molecule has 3 heteroatoms. The minimum atomic E-state index is -0.956. The van der Waals surface area contributed by atoms with Crippen LogP contribution in [0.25, 0.3) is 11.0 Å². The maximum absolute atomic E-state index is 4.65. The van der Waals surface area contributed by atoms with Crippen molar-refractivity contribution in [1.29, 1.82) is 0 Å². The van der Waals surface area contributed by atoms with Gasteiger partial charge in [0.2, 0.25) is 0 Å². The van der Waals surface area contributed by atoms with E-state index < -0.39 is 8.07 Å². The van der Waals surface area contributed by atoms with Crippen LogP contribution in [0.2, 0.25) is 25.7 Å². The largest absolute Gasteiger partial charge is 0.324 e. The predicted octanol–water partition coefficient (Wildman–Crippen LogP) is 5.27. The fraction of sp³-hybridized carbons (Fsp3) is 0.350. The minimum absolute atomic E-state index is 0.890. The molecular weight excluding hydrogens is 296 g/mol. The average molecular weight is 323 g/mol. The average Bonchev–Trinajstić information content (AvgIpc) is 2.82. The molecule has 0 fully saturated rings. The zero-order chi connectivity index (χ0) is 16.4. The van der Waals surface area contributed by atoms with Crippen LogP contribution in [0.1, 0.15) is 17.0 Å². The molecule has 0 amide bonds. The normalized spacial score (nSPS) is 12.0. The molecule has 23 heavy (non-hydrogen) atoms. The number of benzene rings is 2. The van der Waals surface area contributed by atoms with Gasteiger partial charge < -0.3 is 4.57 Å². The van der Waals surface area contributed by atoms with E-state index in [1.54, 1.807) is 0 Å². The van der Waals surface area contributed by atoms with Crippen molar-refractivity contribution in [2.75, 3.05) is 0 Å². The van der Waals surface area contributed by atoms with E-state index in [0.29, 0.717) is 0 Å². The Morgan fingerprint density at radius 2 is 1.57 bits per heavy atom. The van der Waals surface area contributed by atoms with Crippen molar-refractivity contribution in [3.63, 3.8) is 0 Å². The number of aromatic nitrogens is 2. The Morgan fingerprint density at radius 3 is 2.26 bits per heavy atom. The molecule has 3 aromatic rings. The van der Waals surface area contributed by atoms with Gasteiger partial charge in [0.15, 0.2) is 0 Å². The smallest absolute Gasteiger partial charge is 0.107 e. The van der Waals surface area contributed by atoms with Crippen LogP contribution >= 0.6 is 0 Å². The summed E-state index contributed by atoms with van der Waals surface area (Å²) in [6.45, 7) is 10.3. The summed E-state index contributed by atoms with van der Waals surface area (Å²) < 4.78 is 2.30. The van der Waals surface area contributed by atoms with Gasteiger partial charge >= 0.3 is 0 Å². The minimum Gasteiger partial charge on any atom is -0.324 e. The Bertz CT molecular complexity index is 795. The van der Waals surface area contributed by atoms with Crippen molar-refractivity contribution in [1.82, 2.24) is 9.55 Å². The molecular formula is C20H26N2Si. The zero-order valence-electron chi connectivity index (χ0n) is 14.6. The first-order chi connectivity index (χ1) is 10.9. The van der Waals surface area contributed by atoms with Crippen molar-refractivity contribution >= 4 is 19.1 Å². The SMILES string of the molecule is Cc1nc2ccccc2n1Cc1ccc(CC[Si](C)(C)C)cc1. The number of aryl methyl sites for hydroxylation is 2. The topological polar surface area (TPSA) is 17.8 Å². The van der Waals surface area contributed by atoms with Gasteiger partial charge in [0.05, 0.1) is 11.0 Å². The monoisotopic (exact) mass is 322 g/mol.